The van der Waals surface area contributed by atoms with Crippen molar-refractivity contribution in [2.24, 2.45) is 4.99 Å². The Kier molecular flexibility index (Phi) is 7.23. The molecular weight excluding hydrogens is 198 g/mol. The predicted octanol–water partition coefficient (Wildman–Crippen LogP) is 0.962. The lowest BCUT2D eigenvalue weighted by Crippen LogP contribution is -2.13. The van der Waals surface area contributed by atoms with Crippen LogP contribution in [0, 0.1) is 0 Å². The van der Waals surface area contributed by atoms with Crippen LogP contribution in [-0.2, 0) is 19.1 Å². The molecule has 0 fully saturated rings. The van der Waals surface area contributed by atoms with Gasteiger partial charge in [0.1, 0.15) is 6.61 Å². The molecule has 0 aromatic rings. The number of nitrogens with zero attached hydrogens (tertiary/aromatic N) is 1. The van der Waals surface area contributed by atoms with Gasteiger partial charge in [-0.25, -0.2) is 0 Å². The van der Waals surface area contributed by atoms with Crippen LogP contribution < -0.4 is 0 Å². The molecule has 0 aliphatic carbocycles. The molecular formula is C10H17NO4. The van der Waals surface area contributed by atoms with E-state index in [1.54, 1.807) is 13.8 Å². The summed E-state index contributed by atoms with van der Waals surface area (Å²) < 4.78 is 9.45. The normalized spacial score (nSPS) is 12.5. The molecule has 0 aliphatic rings. The number of hydrogen-bond donors (Lipinski definition) is 0. The van der Waals surface area contributed by atoms with Gasteiger partial charge in [-0.3, -0.25) is 14.6 Å². The molecule has 5 nitrogen and oxygen atoms in total. The smallest absolute Gasteiger partial charge is 0.311 e. The van der Waals surface area contributed by atoms with Crippen molar-refractivity contribution in [3.63, 3.8) is 0 Å². The highest BCUT2D eigenvalue weighted by atomic mass is 16.5. The van der Waals surface area contributed by atoms with E-state index in [2.05, 4.69) is 4.99 Å². The van der Waals surface area contributed by atoms with Crippen LogP contribution in [0.5, 0.6) is 0 Å². The Morgan fingerprint density at radius 3 is 2.60 bits per heavy atom. The van der Waals surface area contributed by atoms with Crippen molar-refractivity contribution in [3.8, 4) is 0 Å². The Morgan fingerprint density at radius 1 is 1.40 bits per heavy atom. The second-order valence-electron chi connectivity index (χ2n) is 2.99. The van der Waals surface area contributed by atoms with Gasteiger partial charge in [-0.15, -0.1) is 0 Å². The van der Waals surface area contributed by atoms with E-state index in [9.17, 15) is 9.59 Å². The van der Waals surface area contributed by atoms with Crippen LogP contribution in [-0.4, -0.2) is 37.4 Å². The van der Waals surface area contributed by atoms with E-state index in [-0.39, 0.29) is 31.0 Å². The van der Waals surface area contributed by atoms with Gasteiger partial charge in [-0.05, 0) is 13.8 Å². The lowest BCUT2D eigenvalue weighted by Gasteiger charge is -2.05. The van der Waals surface area contributed by atoms with Crippen molar-refractivity contribution in [1.29, 1.82) is 0 Å². The summed E-state index contributed by atoms with van der Waals surface area (Å²) in [6.45, 7) is 5.49. The fraction of sp³-hybridized carbons (Fsp3) is 0.700. The number of carbonyl (C=O) groups is 2. The summed E-state index contributed by atoms with van der Waals surface area (Å²) in [5, 5.41) is 0. The van der Waals surface area contributed by atoms with Crippen LogP contribution in [0.4, 0.5) is 0 Å². The third-order valence-electron chi connectivity index (χ3n) is 1.45. The number of esters is 2. The Morgan fingerprint density at radius 2 is 2.07 bits per heavy atom. The first kappa shape index (κ1) is 13.6. The topological polar surface area (TPSA) is 65.0 Å². The molecule has 0 heterocycles. The van der Waals surface area contributed by atoms with Crippen LogP contribution in [0.2, 0.25) is 0 Å². The minimum absolute atomic E-state index is 0.136. The molecule has 0 spiro atoms. The maximum absolute atomic E-state index is 10.9. The zero-order valence-electron chi connectivity index (χ0n) is 9.36. The Balaban J connectivity index is 3.66. The van der Waals surface area contributed by atoms with Crippen LogP contribution in [0.3, 0.4) is 0 Å². The fourth-order valence-electron chi connectivity index (χ4n) is 0.808. The molecule has 0 aromatic carbocycles. The van der Waals surface area contributed by atoms with E-state index < -0.39 is 0 Å². The van der Waals surface area contributed by atoms with Gasteiger partial charge in [0.15, 0.2) is 0 Å². The molecule has 0 rings (SSSR count). The van der Waals surface area contributed by atoms with Crippen molar-refractivity contribution in [2.75, 3.05) is 13.2 Å². The van der Waals surface area contributed by atoms with Gasteiger partial charge < -0.3 is 9.47 Å². The van der Waals surface area contributed by atoms with E-state index in [1.807, 2.05) is 0 Å². The lowest BCUT2D eigenvalue weighted by atomic mass is 10.4. The lowest BCUT2D eigenvalue weighted by molar-refractivity contribution is -0.142. The number of carbonyl (C=O) groups excluding carboxylic acids is 2. The molecule has 1 atom stereocenters. The summed E-state index contributed by atoms with van der Waals surface area (Å²) in [6, 6.07) is -0.136. The molecule has 5 heteroatoms. The zero-order chi connectivity index (χ0) is 11.7. The quantitative estimate of drug-likeness (QED) is 0.489. The van der Waals surface area contributed by atoms with E-state index in [4.69, 9.17) is 9.47 Å². The highest BCUT2D eigenvalue weighted by Gasteiger charge is 2.02. The highest BCUT2D eigenvalue weighted by molar-refractivity contribution is 5.85. The average Bonchev–Trinajstić information content (AvgIpc) is 2.15. The first-order valence-electron chi connectivity index (χ1n) is 4.86. The van der Waals surface area contributed by atoms with Crippen LogP contribution in [0.1, 0.15) is 27.2 Å². The summed E-state index contributed by atoms with van der Waals surface area (Å²) in [4.78, 5) is 25.4. The maximum Gasteiger partial charge on any atom is 0.311 e. The first-order chi connectivity index (χ1) is 7.06. The number of rotatable bonds is 6. The van der Waals surface area contributed by atoms with Crippen LogP contribution in [0.25, 0.3) is 0 Å². The number of hydrogen-bond acceptors (Lipinski definition) is 5. The van der Waals surface area contributed by atoms with Crippen molar-refractivity contribution < 1.29 is 19.1 Å². The molecule has 0 saturated carbocycles. The van der Waals surface area contributed by atoms with Crippen molar-refractivity contribution >= 4 is 18.2 Å². The Bertz CT molecular complexity index is 238. The first-order valence-corrected chi connectivity index (χ1v) is 4.86. The average molecular weight is 215 g/mol. The third kappa shape index (κ3) is 8.93. The van der Waals surface area contributed by atoms with Crippen molar-refractivity contribution in [3.05, 3.63) is 0 Å². The van der Waals surface area contributed by atoms with Gasteiger partial charge >= 0.3 is 11.9 Å². The Labute approximate surface area is 89.5 Å². The molecule has 0 aromatic heterocycles. The summed E-state index contributed by atoms with van der Waals surface area (Å²) in [6.07, 6.45) is 1.63. The maximum atomic E-state index is 10.9. The van der Waals surface area contributed by atoms with Gasteiger partial charge in [0.25, 0.3) is 0 Å². The van der Waals surface area contributed by atoms with Gasteiger partial charge in [-0.1, -0.05) is 0 Å². The third-order valence-corrected chi connectivity index (χ3v) is 1.45. The summed E-state index contributed by atoms with van der Waals surface area (Å²) >= 11 is 0. The molecule has 15 heavy (non-hydrogen) atoms. The summed E-state index contributed by atoms with van der Waals surface area (Å²) in [5.74, 6) is -0.636. The predicted molar refractivity (Wildman–Crippen MR) is 55.8 cm³/mol. The minimum Gasteiger partial charge on any atom is -0.466 e. The molecule has 0 N–H and O–H groups in total. The minimum atomic E-state index is -0.331. The van der Waals surface area contributed by atoms with Crippen molar-refractivity contribution in [1.82, 2.24) is 0 Å². The second kappa shape index (κ2) is 7.96. The molecule has 0 aliphatic heterocycles. The summed E-state index contributed by atoms with van der Waals surface area (Å²) in [5.41, 5.74) is 0. The van der Waals surface area contributed by atoms with Gasteiger partial charge in [0.2, 0.25) is 0 Å². The van der Waals surface area contributed by atoms with E-state index >= 15 is 0 Å². The summed E-state index contributed by atoms with van der Waals surface area (Å²) in [7, 11) is 0. The molecule has 0 amide bonds. The Hall–Kier alpha value is -1.39. The van der Waals surface area contributed by atoms with Crippen molar-refractivity contribution in [2.45, 2.75) is 33.2 Å². The van der Waals surface area contributed by atoms with E-state index in [0.29, 0.717) is 6.61 Å². The molecule has 0 unspecified atom stereocenters. The molecule has 0 bridgehead atoms. The second-order valence-corrected chi connectivity index (χ2v) is 2.99. The van der Waals surface area contributed by atoms with Gasteiger partial charge in [-0.2, -0.15) is 0 Å². The van der Waals surface area contributed by atoms with E-state index in [1.165, 1.54) is 13.1 Å². The van der Waals surface area contributed by atoms with E-state index in [0.717, 1.165) is 0 Å². The van der Waals surface area contributed by atoms with Gasteiger partial charge in [0, 0.05) is 13.1 Å². The SMILES string of the molecule is CCOC(=O)CC=N[C@@H](C)COC(C)=O. The van der Waals surface area contributed by atoms with Gasteiger partial charge in [0.05, 0.1) is 19.1 Å². The molecule has 0 radical (unpaired) electrons. The standard InChI is InChI=1S/C10H17NO4/c1-4-14-10(13)5-6-11-8(2)7-15-9(3)12/h6,8H,4-5,7H2,1-3H3/t8-/m0/s1. The number of ether oxygens (including phenoxy) is 2. The molecule has 86 valence electrons. The zero-order valence-corrected chi connectivity index (χ0v) is 9.36. The largest absolute Gasteiger partial charge is 0.466 e. The van der Waals surface area contributed by atoms with Crippen LogP contribution >= 0.6 is 0 Å². The number of aliphatic imine (C=N–C) groups is 1. The van der Waals surface area contributed by atoms with Crippen LogP contribution in [0.15, 0.2) is 4.99 Å². The molecule has 0 saturated heterocycles. The monoisotopic (exact) mass is 215 g/mol. The highest BCUT2D eigenvalue weighted by Crippen LogP contribution is 1.92. The fourth-order valence-corrected chi connectivity index (χ4v) is 0.808.